The van der Waals surface area contributed by atoms with Crippen molar-refractivity contribution in [1.29, 1.82) is 0 Å². The summed E-state index contributed by atoms with van der Waals surface area (Å²) in [5.41, 5.74) is 2.12. The maximum Gasteiger partial charge on any atom is 0.230 e. The molecular weight excluding hydrogens is 294 g/mol. The van der Waals surface area contributed by atoms with Crippen LogP contribution in [0.3, 0.4) is 0 Å². The zero-order valence-corrected chi connectivity index (χ0v) is 12.1. The molecule has 3 nitrogen and oxygen atoms in total. The summed E-state index contributed by atoms with van der Waals surface area (Å²) in [6.07, 6.45) is 1.84. The van der Waals surface area contributed by atoms with Gasteiger partial charge in [-0.15, -0.1) is 0 Å². The van der Waals surface area contributed by atoms with Crippen LogP contribution in [0.25, 0.3) is 0 Å². The molecule has 1 aliphatic heterocycles. The van der Waals surface area contributed by atoms with Crippen LogP contribution in [0.5, 0.6) is 0 Å². The lowest BCUT2D eigenvalue weighted by Gasteiger charge is -2.14. The summed E-state index contributed by atoms with van der Waals surface area (Å²) in [6.45, 7) is 2.64. The van der Waals surface area contributed by atoms with E-state index < -0.39 is 0 Å². The summed E-state index contributed by atoms with van der Waals surface area (Å²) < 4.78 is 5.41. The van der Waals surface area contributed by atoms with Crippen molar-refractivity contribution in [3.8, 4) is 0 Å². The number of ether oxygens (including phenoxy) is 1. The van der Waals surface area contributed by atoms with Crippen LogP contribution in [0.15, 0.2) is 24.3 Å². The van der Waals surface area contributed by atoms with Gasteiger partial charge in [0.15, 0.2) is 0 Å². The molecule has 1 heterocycles. The van der Waals surface area contributed by atoms with Crippen molar-refractivity contribution in [2.75, 3.05) is 17.3 Å². The number of hydrogen-bond donors (Lipinski definition) is 1. The number of anilines is 1. The summed E-state index contributed by atoms with van der Waals surface area (Å²) in [5, 5.41) is 3.91. The van der Waals surface area contributed by atoms with Gasteiger partial charge in [0.25, 0.3) is 0 Å². The SMILES string of the molecule is CC1OCCC1C(=O)Nc1ccc(CCBr)cc1. The molecule has 1 N–H and O–H groups in total. The predicted octanol–water partition coefficient (Wildman–Crippen LogP) is 2.99. The summed E-state index contributed by atoms with van der Waals surface area (Å²) in [6, 6.07) is 8.00. The predicted molar refractivity (Wildman–Crippen MR) is 76.1 cm³/mol. The third kappa shape index (κ3) is 3.33. The number of carbonyl (C=O) groups excluding carboxylic acids is 1. The smallest absolute Gasteiger partial charge is 0.230 e. The average Bonchev–Trinajstić information content (AvgIpc) is 2.78. The monoisotopic (exact) mass is 311 g/mol. The van der Waals surface area contributed by atoms with Gasteiger partial charge in [-0.05, 0) is 37.5 Å². The van der Waals surface area contributed by atoms with Crippen LogP contribution < -0.4 is 5.32 Å². The first-order valence-electron chi connectivity index (χ1n) is 6.28. The van der Waals surface area contributed by atoms with E-state index >= 15 is 0 Å². The molecule has 18 heavy (non-hydrogen) atoms. The van der Waals surface area contributed by atoms with E-state index in [0.717, 1.165) is 23.9 Å². The van der Waals surface area contributed by atoms with Gasteiger partial charge in [-0.1, -0.05) is 28.1 Å². The molecular formula is C14H18BrNO2. The molecule has 1 amide bonds. The maximum absolute atomic E-state index is 12.0. The van der Waals surface area contributed by atoms with E-state index in [9.17, 15) is 4.79 Å². The topological polar surface area (TPSA) is 38.3 Å². The first-order valence-corrected chi connectivity index (χ1v) is 7.40. The quantitative estimate of drug-likeness (QED) is 0.868. The van der Waals surface area contributed by atoms with Crippen LogP contribution in [0.4, 0.5) is 5.69 Å². The zero-order valence-electron chi connectivity index (χ0n) is 10.5. The third-order valence-corrected chi connectivity index (χ3v) is 3.71. The van der Waals surface area contributed by atoms with E-state index in [1.807, 2.05) is 31.2 Å². The zero-order chi connectivity index (χ0) is 13.0. The molecule has 1 aromatic rings. The molecule has 0 saturated carbocycles. The summed E-state index contributed by atoms with van der Waals surface area (Å²) in [5.74, 6) is 0.0421. The standard InChI is InChI=1S/C14H18BrNO2/c1-10-13(7-9-18-10)14(17)16-12-4-2-11(3-5-12)6-8-15/h2-5,10,13H,6-9H2,1H3,(H,16,17). The van der Waals surface area contributed by atoms with Crippen LogP contribution in [-0.4, -0.2) is 23.9 Å². The largest absolute Gasteiger partial charge is 0.378 e. The Kier molecular flexibility index (Phi) is 4.78. The van der Waals surface area contributed by atoms with Gasteiger partial charge >= 0.3 is 0 Å². The van der Waals surface area contributed by atoms with Crippen molar-refractivity contribution < 1.29 is 9.53 Å². The minimum absolute atomic E-state index is 0.0211. The van der Waals surface area contributed by atoms with Gasteiger partial charge in [0.1, 0.15) is 0 Å². The lowest BCUT2D eigenvalue weighted by molar-refractivity contribution is -0.121. The Morgan fingerprint density at radius 3 is 2.72 bits per heavy atom. The van der Waals surface area contributed by atoms with Crippen LogP contribution in [-0.2, 0) is 16.0 Å². The van der Waals surface area contributed by atoms with Gasteiger partial charge < -0.3 is 10.1 Å². The van der Waals surface area contributed by atoms with Crippen LogP contribution >= 0.6 is 15.9 Å². The first kappa shape index (κ1) is 13.6. The number of hydrogen-bond acceptors (Lipinski definition) is 2. The molecule has 1 fully saturated rings. The lowest BCUT2D eigenvalue weighted by atomic mass is 10.0. The highest BCUT2D eigenvalue weighted by Gasteiger charge is 2.30. The second-order valence-corrected chi connectivity index (χ2v) is 5.39. The average molecular weight is 312 g/mol. The van der Waals surface area contributed by atoms with Crippen LogP contribution in [0.2, 0.25) is 0 Å². The molecule has 0 aliphatic carbocycles. The number of rotatable bonds is 4. The van der Waals surface area contributed by atoms with Gasteiger partial charge in [0, 0.05) is 17.6 Å². The Bertz CT molecular complexity index is 405. The summed E-state index contributed by atoms with van der Waals surface area (Å²) >= 11 is 3.41. The third-order valence-electron chi connectivity index (χ3n) is 3.32. The fraction of sp³-hybridized carbons (Fsp3) is 0.500. The second-order valence-electron chi connectivity index (χ2n) is 4.60. The minimum atomic E-state index is -0.0211. The van der Waals surface area contributed by atoms with E-state index in [4.69, 9.17) is 4.74 Å². The number of aryl methyl sites for hydroxylation is 1. The Morgan fingerprint density at radius 1 is 1.44 bits per heavy atom. The molecule has 0 spiro atoms. The first-order chi connectivity index (χ1) is 8.70. The fourth-order valence-electron chi connectivity index (χ4n) is 2.17. The molecule has 0 radical (unpaired) electrons. The second kappa shape index (κ2) is 6.34. The van der Waals surface area contributed by atoms with Gasteiger partial charge in [-0.25, -0.2) is 0 Å². The molecule has 2 rings (SSSR count). The van der Waals surface area contributed by atoms with Crippen molar-refractivity contribution in [1.82, 2.24) is 0 Å². The van der Waals surface area contributed by atoms with Gasteiger partial charge in [0.2, 0.25) is 5.91 Å². The molecule has 4 heteroatoms. The minimum Gasteiger partial charge on any atom is -0.378 e. The highest BCUT2D eigenvalue weighted by atomic mass is 79.9. The molecule has 0 bridgehead atoms. The highest BCUT2D eigenvalue weighted by Crippen LogP contribution is 2.22. The Labute approximate surface area is 116 Å². The molecule has 2 unspecified atom stereocenters. The van der Waals surface area contributed by atoms with Gasteiger partial charge in [0.05, 0.1) is 12.0 Å². The van der Waals surface area contributed by atoms with Crippen LogP contribution in [0.1, 0.15) is 18.9 Å². The molecule has 1 saturated heterocycles. The number of benzene rings is 1. The normalized spacial score (nSPS) is 23.0. The van der Waals surface area contributed by atoms with E-state index in [1.54, 1.807) is 0 Å². The van der Waals surface area contributed by atoms with E-state index in [1.165, 1.54) is 5.56 Å². The van der Waals surface area contributed by atoms with E-state index in [2.05, 4.69) is 21.2 Å². The number of nitrogens with one attached hydrogen (secondary N) is 1. The Balaban J connectivity index is 1.94. The van der Waals surface area contributed by atoms with Crippen molar-refractivity contribution in [2.45, 2.75) is 25.9 Å². The Morgan fingerprint density at radius 2 is 2.17 bits per heavy atom. The lowest BCUT2D eigenvalue weighted by Crippen LogP contribution is -2.27. The molecule has 2 atom stereocenters. The molecule has 0 aromatic heterocycles. The number of halogens is 1. The van der Waals surface area contributed by atoms with Crippen molar-refractivity contribution >= 4 is 27.5 Å². The number of amides is 1. The van der Waals surface area contributed by atoms with E-state index in [-0.39, 0.29) is 17.9 Å². The molecule has 98 valence electrons. The fourth-order valence-corrected chi connectivity index (χ4v) is 2.63. The van der Waals surface area contributed by atoms with E-state index in [0.29, 0.717) is 6.61 Å². The van der Waals surface area contributed by atoms with Gasteiger partial charge in [-0.3, -0.25) is 4.79 Å². The van der Waals surface area contributed by atoms with Crippen molar-refractivity contribution in [3.05, 3.63) is 29.8 Å². The molecule has 1 aliphatic rings. The number of alkyl halides is 1. The van der Waals surface area contributed by atoms with Crippen LogP contribution in [0, 0.1) is 5.92 Å². The Hall–Kier alpha value is -0.870. The van der Waals surface area contributed by atoms with Gasteiger partial charge in [-0.2, -0.15) is 0 Å². The van der Waals surface area contributed by atoms with Crippen molar-refractivity contribution in [2.24, 2.45) is 5.92 Å². The highest BCUT2D eigenvalue weighted by molar-refractivity contribution is 9.09. The summed E-state index contributed by atoms with van der Waals surface area (Å²) in [7, 11) is 0. The summed E-state index contributed by atoms with van der Waals surface area (Å²) in [4.78, 5) is 12.0. The maximum atomic E-state index is 12.0. The van der Waals surface area contributed by atoms with Crippen molar-refractivity contribution in [3.63, 3.8) is 0 Å². The number of carbonyl (C=O) groups is 1. The molecule has 1 aromatic carbocycles.